The average molecular weight is 344 g/mol. The highest BCUT2D eigenvalue weighted by molar-refractivity contribution is 7.10. The van der Waals surface area contributed by atoms with Gasteiger partial charge in [-0.25, -0.2) is 9.78 Å². The molecule has 1 amide bonds. The molecule has 2 heterocycles. The van der Waals surface area contributed by atoms with Crippen molar-refractivity contribution in [3.63, 3.8) is 0 Å². The molecular formula is C18H20N2O3S. The van der Waals surface area contributed by atoms with Gasteiger partial charge in [-0.2, -0.15) is 0 Å². The van der Waals surface area contributed by atoms with Crippen molar-refractivity contribution in [3.8, 4) is 0 Å². The second kappa shape index (κ2) is 6.02. The summed E-state index contributed by atoms with van der Waals surface area (Å²) in [6, 6.07) is 5.13. The predicted octanol–water partition coefficient (Wildman–Crippen LogP) is 3.34. The van der Waals surface area contributed by atoms with E-state index < -0.39 is 5.97 Å². The highest BCUT2D eigenvalue weighted by atomic mass is 32.1. The van der Waals surface area contributed by atoms with Crippen LogP contribution in [0.1, 0.15) is 57.8 Å². The molecule has 0 atom stereocenters. The highest BCUT2D eigenvalue weighted by Gasteiger charge is 2.26. The van der Waals surface area contributed by atoms with Gasteiger partial charge in [0.05, 0.1) is 10.6 Å². The van der Waals surface area contributed by atoms with E-state index >= 15 is 0 Å². The second-order valence-corrected chi connectivity index (χ2v) is 7.91. The number of carbonyl (C=O) groups is 2. The molecule has 0 unspecified atom stereocenters. The number of aromatic nitrogens is 1. The van der Waals surface area contributed by atoms with Crippen LogP contribution in [0, 0.1) is 0 Å². The summed E-state index contributed by atoms with van der Waals surface area (Å²) in [7, 11) is 0. The first-order valence-corrected chi connectivity index (χ1v) is 8.74. The largest absolute Gasteiger partial charge is 0.478 e. The lowest BCUT2D eigenvalue weighted by Crippen LogP contribution is -2.36. The third-order valence-electron chi connectivity index (χ3n) is 4.12. The smallest absolute Gasteiger partial charge is 0.335 e. The Morgan fingerprint density at radius 2 is 2.00 bits per heavy atom. The molecule has 3 rings (SSSR count). The number of aromatic carboxylic acids is 1. The molecule has 2 aromatic rings. The number of amides is 1. The van der Waals surface area contributed by atoms with Crippen LogP contribution in [0.5, 0.6) is 0 Å². The van der Waals surface area contributed by atoms with Crippen molar-refractivity contribution < 1.29 is 14.7 Å². The molecule has 0 bridgehead atoms. The van der Waals surface area contributed by atoms with Crippen LogP contribution in [0.3, 0.4) is 0 Å². The van der Waals surface area contributed by atoms with Crippen LogP contribution in [0.15, 0.2) is 23.6 Å². The Morgan fingerprint density at radius 3 is 2.62 bits per heavy atom. The number of fused-ring (bicyclic) bond motifs is 1. The molecule has 0 radical (unpaired) electrons. The van der Waals surface area contributed by atoms with Crippen molar-refractivity contribution in [1.82, 2.24) is 9.88 Å². The summed E-state index contributed by atoms with van der Waals surface area (Å²) in [5, 5.41) is 11.9. The summed E-state index contributed by atoms with van der Waals surface area (Å²) in [6.07, 6.45) is 0.733. The summed E-state index contributed by atoms with van der Waals surface area (Å²) in [5.74, 6) is -1.04. The van der Waals surface area contributed by atoms with E-state index in [1.165, 1.54) is 11.3 Å². The normalized spacial score (nSPS) is 14.4. The minimum atomic E-state index is -0.949. The molecule has 1 aromatic carbocycles. The molecule has 0 fully saturated rings. The molecule has 0 saturated heterocycles. The minimum Gasteiger partial charge on any atom is -0.478 e. The molecule has 6 heteroatoms. The number of benzene rings is 1. The van der Waals surface area contributed by atoms with E-state index in [9.17, 15) is 9.59 Å². The Balaban J connectivity index is 1.82. The number of carbonyl (C=O) groups excluding carboxylic acids is 1. The van der Waals surface area contributed by atoms with Crippen molar-refractivity contribution in [2.24, 2.45) is 0 Å². The molecule has 1 aromatic heterocycles. The summed E-state index contributed by atoms with van der Waals surface area (Å²) in [4.78, 5) is 30.1. The number of nitrogens with zero attached hydrogens (tertiary/aromatic N) is 2. The standard InChI is InChI=1S/C18H20N2O3S/c1-18(2,3)17-19-14(10-24-17)15(21)20-7-6-11-4-5-12(16(22)23)8-13(11)9-20/h4-5,8,10H,6-7,9H2,1-3H3,(H,22,23). The number of thiazole rings is 1. The molecule has 0 spiro atoms. The summed E-state index contributed by atoms with van der Waals surface area (Å²) in [5.41, 5.74) is 2.67. The Bertz CT molecular complexity index is 805. The molecule has 5 nitrogen and oxygen atoms in total. The summed E-state index contributed by atoms with van der Waals surface area (Å²) >= 11 is 1.50. The van der Waals surface area contributed by atoms with Crippen molar-refractivity contribution in [3.05, 3.63) is 51.0 Å². The lowest BCUT2D eigenvalue weighted by atomic mass is 9.97. The number of rotatable bonds is 2. The molecule has 0 saturated carbocycles. The SMILES string of the molecule is CC(C)(C)c1nc(C(=O)N2CCc3ccc(C(=O)O)cc3C2)cs1. The lowest BCUT2D eigenvalue weighted by molar-refractivity contribution is 0.0696. The maximum Gasteiger partial charge on any atom is 0.335 e. The van der Waals surface area contributed by atoms with Crippen molar-refractivity contribution in [2.75, 3.05) is 6.54 Å². The summed E-state index contributed by atoms with van der Waals surface area (Å²) in [6.45, 7) is 7.28. The van der Waals surface area contributed by atoms with Crippen LogP contribution in [0.2, 0.25) is 0 Å². The van der Waals surface area contributed by atoms with Gasteiger partial charge in [0, 0.05) is 23.9 Å². The first-order valence-electron chi connectivity index (χ1n) is 7.86. The van der Waals surface area contributed by atoms with Gasteiger partial charge in [-0.15, -0.1) is 11.3 Å². The van der Waals surface area contributed by atoms with Crippen LogP contribution < -0.4 is 0 Å². The average Bonchev–Trinajstić information content (AvgIpc) is 3.03. The Kier molecular flexibility index (Phi) is 4.17. The van der Waals surface area contributed by atoms with Crippen molar-refractivity contribution in [1.29, 1.82) is 0 Å². The molecular weight excluding hydrogens is 324 g/mol. The lowest BCUT2D eigenvalue weighted by Gasteiger charge is -2.28. The number of carboxylic acids is 1. The van der Waals surface area contributed by atoms with Crippen molar-refractivity contribution >= 4 is 23.2 Å². The molecule has 1 N–H and O–H groups in total. The molecule has 24 heavy (non-hydrogen) atoms. The molecule has 1 aliphatic heterocycles. The Hall–Kier alpha value is -2.21. The summed E-state index contributed by atoms with van der Waals surface area (Å²) < 4.78 is 0. The van der Waals surface area contributed by atoms with Gasteiger partial charge in [0.2, 0.25) is 0 Å². The van der Waals surface area contributed by atoms with Gasteiger partial charge in [0.1, 0.15) is 5.69 Å². The van der Waals surface area contributed by atoms with Crippen LogP contribution in [-0.2, 0) is 18.4 Å². The third kappa shape index (κ3) is 3.19. The van der Waals surface area contributed by atoms with Crippen LogP contribution >= 0.6 is 11.3 Å². The maximum absolute atomic E-state index is 12.7. The van der Waals surface area contributed by atoms with Gasteiger partial charge >= 0.3 is 5.97 Å². The fourth-order valence-corrected chi connectivity index (χ4v) is 3.62. The van der Waals surface area contributed by atoms with E-state index in [2.05, 4.69) is 25.8 Å². The highest BCUT2D eigenvalue weighted by Crippen LogP contribution is 2.27. The van der Waals surface area contributed by atoms with Crippen LogP contribution in [-0.4, -0.2) is 33.4 Å². The zero-order valence-electron chi connectivity index (χ0n) is 14.0. The zero-order valence-corrected chi connectivity index (χ0v) is 14.8. The molecule has 1 aliphatic rings. The van der Waals surface area contributed by atoms with Crippen molar-refractivity contribution in [2.45, 2.75) is 39.2 Å². The quantitative estimate of drug-likeness (QED) is 0.907. The minimum absolute atomic E-state index is 0.0753. The van der Waals surface area contributed by atoms with Gasteiger partial charge in [-0.1, -0.05) is 26.8 Å². The van der Waals surface area contributed by atoms with Gasteiger partial charge in [-0.3, -0.25) is 4.79 Å². The number of hydrogen-bond acceptors (Lipinski definition) is 4. The predicted molar refractivity (Wildman–Crippen MR) is 92.7 cm³/mol. The van der Waals surface area contributed by atoms with E-state index in [-0.39, 0.29) is 16.9 Å². The van der Waals surface area contributed by atoms with E-state index in [0.29, 0.717) is 18.8 Å². The van der Waals surface area contributed by atoms with Gasteiger partial charge < -0.3 is 10.0 Å². The topological polar surface area (TPSA) is 70.5 Å². The number of hydrogen-bond donors (Lipinski definition) is 1. The second-order valence-electron chi connectivity index (χ2n) is 7.05. The third-order valence-corrected chi connectivity index (χ3v) is 5.39. The van der Waals surface area contributed by atoms with E-state index in [4.69, 9.17) is 5.11 Å². The first kappa shape index (κ1) is 16.6. The van der Waals surface area contributed by atoms with Crippen LogP contribution in [0.4, 0.5) is 0 Å². The van der Waals surface area contributed by atoms with E-state index in [1.54, 1.807) is 17.0 Å². The maximum atomic E-state index is 12.7. The Morgan fingerprint density at radius 1 is 1.25 bits per heavy atom. The van der Waals surface area contributed by atoms with Gasteiger partial charge in [0.25, 0.3) is 5.91 Å². The molecule has 126 valence electrons. The van der Waals surface area contributed by atoms with Gasteiger partial charge in [0.15, 0.2) is 0 Å². The van der Waals surface area contributed by atoms with Gasteiger partial charge in [-0.05, 0) is 29.7 Å². The zero-order chi connectivity index (χ0) is 17.5. The fourth-order valence-electron chi connectivity index (χ4n) is 2.74. The molecule has 0 aliphatic carbocycles. The van der Waals surface area contributed by atoms with E-state index in [1.807, 2.05) is 11.4 Å². The first-order chi connectivity index (χ1) is 11.3. The fraction of sp³-hybridized carbons (Fsp3) is 0.389. The monoisotopic (exact) mass is 344 g/mol. The van der Waals surface area contributed by atoms with Crippen LogP contribution in [0.25, 0.3) is 0 Å². The van der Waals surface area contributed by atoms with E-state index in [0.717, 1.165) is 22.6 Å². The Labute approximate surface area is 145 Å². The number of carboxylic acid groups (broad SMARTS) is 1.